The van der Waals surface area contributed by atoms with Gasteiger partial charge in [0, 0.05) is 36.4 Å². The third-order valence-corrected chi connectivity index (χ3v) is 7.96. The maximum absolute atomic E-state index is 13.4. The summed E-state index contributed by atoms with van der Waals surface area (Å²) >= 11 is 0. The number of likely N-dealkylation sites (tertiary alicyclic amines) is 1. The van der Waals surface area contributed by atoms with E-state index >= 15 is 0 Å². The number of alkyl halides is 3. The van der Waals surface area contributed by atoms with Gasteiger partial charge in [-0.05, 0) is 68.7 Å². The first-order chi connectivity index (χ1) is 17.2. The molecule has 3 aliphatic heterocycles. The van der Waals surface area contributed by atoms with E-state index in [9.17, 15) is 28.0 Å². The molecule has 0 aromatic heterocycles. The van der Waals surface area contributed by atoms with Gasteiger partial charge in [0.15, 0.2) is 0 Å². The molecule has 3 heterocycles. The molecule has 3 N–H and O–H groups in total. The van der Waals surface area contributed by atoms with Crippen molar-refractivity contribution in [1.29, 1.82) is 5.26 Å². The van der Waals surface area contributed by atoms with Crippen LogP contribution in [0, 0.1) is 30.1 Å². The second kappa shape index (κ2) is 9.56. The molecule has 2 amide bonds. The van der Waals surface area contributed by atoms with Crippen LogP contribution in [0.25, 0.3) is 0 Å². The zero-order valence-corrected chi connectivity index (χ0v) is 20.1. The van der Waals surface area contributed by atoms with Crippen molar-refractivity contribution in [3.05, 3.63) is 29.3 Å². The summed E-state index contributed by atoms with van der Waals surface area (Å²) in [6.07, 6.45) is -1.28. The van der Waals surface area contributed by atoms with Gasteiger partial charge < -0.3 is 15.5 Å². The lowest BCUT2D eigenvalue weighted by Crippen LogP contribution is -2.52. The van der Waals surface area contributed by atoms with Gasteiger partial charge in [0.1, 0.15) is 12.2 Å². The highest BCUT2D eigenvalue weighted by atomic mass is 19.4. The number of hydrazine groups is 1. The van der Waals surface area contributed by atoms with Crippen LogP contribution in [0.4, 0.5) is 18.9 Å². The molecule has 0 bridgehead atoms. The molecule has 194 valence electrons. The second-order valence-corrected chi connectivity index (χ2v) is 10.3. The highest BCUT2D eigenvalue weighted by Crippen LogP contribution is 2.41. The Bertz CT molecular complexity index is 1070. The molecule has 8 nitrogen and oxygen atoms in total. The number of halogens is 3. The van der Waals surface area contributed by atoms with Crippen LogP contribution in [-0.2, 0) is 4.79 Å². The highest BCUT2D eigenvalue weighted by molar-refractivity contribution is 5.96. The highest BCUT2D eigenvalue weighted by Gasteiger charge is 2.52. The molecule has 11 heteroatoms. The van der Waals surface area contributed by atoms with Gasteiger partial charge in [-0.25, -0.2) is 10.4 Å². The van der Waals surface area contributed by atoms with Crippen molar-refractivity contribution in [2.24, 2.45) is 11.8 Å². The number of hydrogen-bond acceptors (Lipinski definition) is 6. The number of aryl methyl sites for hydroxylation is 1. The summed E-state index contributed by atoms with van der Waals surface area (Å²) in [4.78, 5) is 26.7. The van der Waals surface area contributed by atoms with E-state index in [2.05, 4.69) is 27.1 Å². The van der Waals surface area contributed by atoms with E-state index in [1.807, 2.05) is 0 Å². The first-order valence-corrected chi connectivity index (χ1v) is 12.6. The smallest absolute Gasteiger partial charge is 0.368 e. The normalized spacial score (nSPS) is 29.4. The lowest BCUT2D eigenvalue weighted by molar-refractivity contribution is -0.169. The molecule has 36 heavy (non-hydrogen) atoms. The predicted molar refractivity (Wildman–Crippen MR) is 125 cm³/mol. The van der Waals surface area contributed by atoms with Crippen molar-refractivity contribution in [1.82, 2.24) is 20.7 Å². The number of anilines is 1. The SMILES string of the molecule is Cc1cc(NC2NN([C@@H](CC#N)C3CC3)C3CCNC(=O)C23)ccc1C(=O)N1CCC[C@H]1C(F)(F)F. The van der Waals surface area contributed by atoms with E-state index in [0.717, 1.165) is 24.2 Å². The van der Waals surface area contributed by atoms with Crippen molar-refractivity contribution in [3.8, 4) is 6.07 Å². The number of carbonyl (C=O) groups is 2. The van der Waals surface area contributed by atoms with Crippen molar-refractivity contribution in [2.45, 2.75) is 75.9 Å². The van der Waals surface area contributed by atoms with Gasteiger partial charge in [-0.1, -0.05) is 0 Å². The quantitative estimate of drug-likeness (QED) is 0.551. The Kier molecular flexibility index (Phi) is 6.59. The van der Waals surface area contributed by atoms with Gasteiger partial charge in [-0.3, -0.25) is 9.59 Å². The van der Waals surface area contributed by atoms with Crippen LogP contribution in [0.5, 0.6) is 0 Å². The van der Waals surface area contributed by atoms with Gasteiger partial charge in [0.2, 0.25) is 5.91 Å². The Hall–Kier alpha value is -2.84. The van der Waals surface area contributed by atoms with Crippen LogP contribution in [0.15, 0.2) is 18.2 Å². The molecule has 1 aromatic rings. The summed E-state index contributed by atoms with van der Waals surface area (Å²) in [5.74, 6) is -0.585. The van der Waals surface area contributed by atoms with Crippen LogP contribution in [0.2, 0.25) is 0 Å². The number of carbonyl (C=O) groups excluding carboxylic acids is 2. The lowest BCUT2D eigenvalue weighted by atomic mass is 9.90. The number of piperidine rings is 1. The third-order valence-electron chi connectivity index (χ3n) is 7.96. The zero-order valence-electron chi connectivity index (χ0n) is 20.1. The number of benzene rings is 1. The Morgan fingerprint density at radius 3 is 2.72 bits per heavy atom. The molecule has 1 aliphatic carbocycles. The van der Waals surface area contributed by atoms with Gasteiger partial charge in [0.25, 0.3) is 5.91 Å². The molecule has 0 radical (unpaired) electrons. The number of fused-ring (bicyclic) bond motifs is 1. The fourth-order valence-electron chi connectivity index (χ4n) is 6.05. The minimum Gasteiger partial charge on any atom is -0.368 e. The van der Waals surface area contributed by atoms with Crippen LogP contribution in [0.3, 0.4) is 0 Å². The summed E-state index contributed by atoms with van der Waals surface area (Å²) in [6.45, 7) is 2.38. The number of amides is 2. The molecule has 5 atom stereocenters. The molecule has 5 rings (SSSR count). The van der Waals surface area contributed by atoms with Crippen molar-refractivity contribution < 1.29 is 22.8 Å². The van der Waals surface area contributed by atoms with E-state index in [4.69, 9.17) is 0 Å². The van der Waals surface area contributed by atoms with E-state index in [1.54, 1.807) is 25.1 Å². The summed E-state index contributed by atoms with van der Waals surface area (Å²) in [5.41, 5.74) is 4.93. The molecule has 0 spiro atoms. The topological polar surface area (TPSA) is 100 Å². The number of nitrogens with one attached hydrogen (secondary N) is 3. The van der Waals surface area contributed by atoms with Crippen LogP contribution in [-0.4, -0.2) is 65.3 Å². The Labute approximate surface area is 208 Å². The maximum atomic E-state index is 13.4. The summed E-state index contributed by atoms with van der Waals surface area (Å²) in [7, 11) is 0. The summed E-state index contributed by atoms with van der Waals surface area (Å²) in [5, 5.41) is 17.8. The van der Waals surface area contributed by atoms with Gasteiger partial charge in [-0.15, -0.1) is 0 Å². The minimum absolute atomic E-state index is 0.0355. The maximum Gasteiger partial charge on any atom is 0.408 e. The van der Waals surface area contributed by atoms with Crippen molar-refractivity contribution in [2.75, 3.05) is 18.4 Å². The van der Waals surface area contributed by atoms with Crippen LogP contribution < -0.4 is 16.1 Å². The number of nitrogens with zero attached hydrogens (tertiary/aromatic N) is 3. The fourth-order valence-corrected chi connectivity index (χ4v) is 6.05. The molecule has 1 aromatic carbocycles. The van der Waals surface area contributed by atoms with Gasteiger partial charge in [-0.2, -0.15) is 18.4 Å². The minimum atomic E-state index is -4.44. The molecule has 4 aliphatic rings. The largest absolute Gasteiger partial charge is 0.408 e. The van der Waals surface area contributed by atoms with E-state index in [-0.39, 0.29) is 42.4 Å². The van der Waals surface area contributed by atoms with Gasteiger partial charge in [0.05, 0.1) is 18.4 Å². The van der Waals surface area contributed by atoms with Crippen molar-refractivity contribution in [3.63, 3.8) is 0 Å². The first-order valence-electron chi connectivity index (χ1n) is 12.6. The standard InChI is InChI=1S/C25H31F3N6O2/c1-14-13-16(6-7-17(14)24(36)33-12-2-3-20(33)25(26,27)28)31-22-21-19(9-11-30-23(21)35)34(32-22)18(8-10-29)15-4-5-15/h6-7,13,15,18-22,31-32H,2-5,8-9,11-12H2,1H3,(H,30,35)/t18-,19?,20-,21?,22?/m0/s1. The average Bonchev–Trinajstić information content (AvgIpc) is 3.40. The molecule has 4 fully saturated rings. The number of rotatable bonds is 6. The summed E-state index contributed by atoms with van der Waals surface area (Å²) in [6, 6.07) is 5.52. The molecule has 3 unspecified atom stereocenters. The zero-order chi connectivity index (χ0) is 25.6. The second-order valence-electron chi connectivity index (χ2n) is 10.3. The lowest BCUT2D eigenvalue weighted by Gasteiger charge is -2.34. The molecule has 1 saturated carbocycles. The molecule has 3 saturated heterocycles. The molecular formula is C25H31F3N6O2. The van der Waals surface area contributed by atoms with Crippen LogP contribution in [0.1, 0.15) is 54.4 Å². The Morgan fingerprint density at radius 1 is 1.28 bits per heavy atom. The molecular weight excluding hydrogens is 473 g/mol. The van der Waals surface area contributed by atoms with E-state index in [1.165, 1.54) is 0 Å². The Balaban J connectivity index is 1.34. The number of hydrogen-bond donors (Lipinski definition) is 3. The van der Waals surface area contributed by atoms with Crippen molar-refractivity contribution >= 4 is 17.5 Å². The van der Waals surface area contributed by atoms with E-state index < -0.39 is 24.3 Å². The predicted octanol–water partition coefficient (Wildman–Crippen LogP) is 2.92. The average molecular weight is 505 g/mol. The first kappa shape index (κ1) is 24.8. The summed E-state index contributed by atoms with van der Waals surface area (Å²) < 4.78 is 40.1. The van der Waals surface area contributed by atoms with E-state index in [0.29, 0.717) is 36.6 Å². The fraction of sp³-hybridized carbons (Fsp3) is 0.640. The number of nitriles is 1. The monoisotopic (exact) mass is 504 g/mol. The van der Waals surface area contributed by atoms with Crippen LogP contribution >= 0.6 is 0 Å². The third kappa shape index (κ3) is 4.64. The Morgan fingerprint density at radius 2 is 2.06 bits per heavy atom. The van der Waals surface area contributed by atoms with Gasteiger partial charge >= 0.3 is 6.18 Å².